The standard InChI is InChI=1S/C22H21ClFN3O3/c1-12-7-5-8-13(2)20(12)25-17(28)11-27(4)22(29)18-14(3)30-26-21(18)19-15(23)9-6-10-16(19)24/h5-10H,11H2,1-4H3,(H,25,28). The summed E-state index contributed by atoms with van der Waals surface area (Å²) in [7, 11) is 1.48. The minimum atomic E-state index is -0.625. The number of hydrogen-bond acceptors (Lipinski definition) is 4. The van der Waals surface area contributed by atoms with Crippen LogP contribution in [0.3, 0.4) is 0 Å². The maximum absolute atomic E-state index is 14.4. The van der Waals surface area contributed by atoms with Crippen molar-refractivity contribution in [1.82, 2.24) is 10.1 Å². The molecule has 0 radical (unpaired) electrons. The summed E-state index contributed by atoms with van der Waals surface area (Å²) >= 11 is 6.12. The van der Waals surface area contributed by atoms with E-state index >= 15 is 0 Å². The Morgan fingerprint density at radius 2 is 1.77 bits per heavy atom. The van der Waals surface area contributed by atoms with E-state index in [1.165, 1.54) is 30.1 Å². The Morgan fingerprint density at radius 3 is 2.40 bits per heavy atom. The van der Waals surface area contributed by atoms with Gasteiger partial charge in [-0.15, -0.1) is 0 Å². The summed E-state index contributed by atoms with van der Waals surface area (Å²) < 4.78 is 19.5. The number of rotatable bonds is 5. The Bertz CT molecular complexity index is 1090. The molecule has 2 aromatic carbocycles. The fourth-order valence-electron chi connectivity index (χ4n) is 3.19. The minimum Gasteiger partial charge on any atom is -0.360 e. The van der Waals surface area contributed by atoms with Crippen LogP contribution in [0, 0.1) is 26.6 Å². The molecule has 1 heterocycles. The highest BCUT2D eigenvalue weighted by atomic mass is 35.5. The lowest BCUT2D eigenvalue weighted by molar-refractivity contribution is -0.116. The third-order valence-electron chi connectivity index (χ3n) is 4.75. The fraction of sp³-hybridized carbons (Fsp3) is 0.227. The fourth-order valence-corrected chi connectivity index (χ4v) is 3.44. The number of amides is 2. The normalized spacial score (nSPS) is 10.7. The smallest absolute Gasteiger partial charge is 0.259 e. The van der Waals surface area contributed by atoms with Crippen LogP contribution < -0.4 is 5.32 Å². The van der Waals surface area contributed by atoms with Gasteiger partial charge in [0.1, 0.15) is 22.8 Å². The maximum atomic E-state index is 14.4. The topological polar surface area (TPSA) is 75.4 Å². The highest BCUT2D eigenvalue weighted by Crippen LogP contribution is 2.33. The van der Waals surface area contributed by atoms with Gasteiger partial charge in [0.25, 0.3) is 5.91 Å². The van der Waals surface area contributed by atoms with Crippen molar-refractivity contribution in [2.45, 2.75) is 20.8 Å². The number of benzene rings is 2. The summed E-state index contributed by atoms with van der Waals surface area (Å²) in [5, 5.41) is 6.77. The Kier molecular flexibility index (Phi) is 6.22. The van der Waals surface area contributed by atoms with E-state index < -0.39 is 11.7 Å². The van der Waals surface area contributed by atoms with Gasteiger partial charge in [-0.05, 0) is 44.0 Å². The summed E-state index contributed by atoms with van der Waals surface area (Å²) in [6.07, 6.45) is 0. The number of carbonyl (C=O) groups is 2. The zero-order valence-electron chi connectivity index (χ0n) is 17.0. The lowest BCUT2D eigenvalue weighted by atomic mass is 10.0. The molecule has 0 unspecified atom stereocenters. The molecule has 0 bridgehead atoms. The first-order valence-electron chi connectivity index (χ1n) is 9.23. The highest BCUT2D eigenvalue weighted by Gasteiger charge is 2.28. The van der Waals surface area contributed by atoms with E-state index in [0.717, 1.165) is 11.1 Å². The Balaban J connectivity index is 1.84. The Morgan fingerprint density at radius 1 is 1.13 bits per heavy atom. The average Bonchev–Trinajstić information content (AvgIpc) is 3.05. The maximum Gasteiger partial charge on any atom is 0.259 e. The van der Waals surface area contributed by atoms with Crippen LogP contribution >= 0.6 is 11.6 Å². The zero-order valence-corrected chi connectivity index (χ0v) is 17.8. The Hall–Kier alpha value is -3.19. The molecule has 0 spiro atoms. The van der Waals surface area contributed by atoms with E-state index in [2.05, 4.69) is 10.5 Å². The summed E-state index contributed by atoms with van der Waals surface area (Å²) in [5.74, 6) is -1.31. The van der Waals surface area contributed by atoms with E-state index in [1.54, 1.807) is 6.92 Å². The molecule has 156 valence electrons. The van der Waals surface area contributed by atoms with Crippen molar-refractivity contribution in [2.24, 2.45) is 0 Å². The number of halogens is 2. The molecular weight excluding hydrogens is 409 g/mol. The number of nitrogens with one attached hydrogen (secondary N) is 1. The molecule has 0 fully saturated rings. The van der Waals surface area contributed by atoms with Crippen molar-refractivity contribution < 1.29 is 18.5 Å². The van der Waals surface area contributed by atoms with Gasteiger partial charge < -0.3 is 14.7 Å². The molecule has 30 heavy (non-hydrogen) atoms. The third-order valence-corrected chi connectivity index (χ3v) is 5.06. The molecule has 1 aromatic heterocycles. The molecule has 0 aliphatic rings. The molecule has 2 amide bonds. The number of aromatic nitrogens is 1. The predicted molar refractivity (Wildman–Crippen MR) is 113 cm³/mol. The molecule has 0 saturated carbocycles. The van der Waals surface area contributed by atoms with Crippen LogP contribution in [0.15, 0.2) is 40.9 Å². The van der Waals surface area contributed by atoms with Crippen LogP contribution in [0.5, 0.6) is 0 Å². The van der Waals surface area contributed by atoms with Gasteiger partial charge in [-0.2, -0.15) is 0 Å². The van der Waals surface area contributed by atoms with Gasteiger partial charge in [0.2, 0.25) is 5.91 Å². The average molecular weight is 430 g/mol. The van der Waals surface area contributed by atoms with E-state index in [1.807, 2.05) is 32.0 Å². The van der Waals surface area contributed by atoms with Crippen molar-refractivity contribution in [3.63, 3.8) is 0 Å². The van der Waals surface area contributed by atoms with Crippen LogP contribution in [-0.4, -0.2) is 35.5 Å². The van der Waals surface area contributed by atoms with Gasteiger partial charge in [-0.1, -0.05) is 41.0 Å². The molecule has 8 heteroatoms. The van der Waals surface area contributed by atoms with Crippen molar-refractivity contribution in [2.75, 3.05) is 18.9 Å². The molecule has 6 nitrogen and oxygen atoms in total. The summed E-state index contributed by atoms with van der Waals surface area (Å²) in [4.78, 5) is 26.8. The van der Waals surface area contributed by atoms with Gasteiger partial charge in [0.15, 0.2) is 0 Å². The Labute approximate surface area is 178 Å². The first kappa shape index (κ1) is 21.5. The summed E-state index contributed by atoms with van der Waals surface area (Å²) in [5.41, 5.74) is 2.59. The van der Waals surface area contributed by atoms with Gasteiger partial charge in [-0.3, -0.25) is 9.59 Å². The molecule has 3 aromatic rings. The van der Waals surface area contributed by atoms with Crippen molar-refractivity contribution in [3.05, 3.63) is 69.7 Å². The van der Waals surface area contributed by atoms with Crippen LogP contribution in [-0.2, 0) is 4.79 Å². The second kappa shape index (κ2) is 8.67. The van der Waals surface area contributed by atoms with Crippen molar-refractivity contribution >= 4 is 29.1 Å². The van der Waals surface area contributed by atoms with Gasteiger partial charge in [0.05, 0.1) is 17.1 Å². The van der Waals surface area contributed by atoms with E-state index in [4.69, 9.17) is 16.1 Å². The number of likely N-dealkylation sites (N-methyl/N-ethyl adjacent to an activating group) is 1. The summed E-state index contributed by atoms with van der Waals surface area (Å²) in [6.45, 7) is 5.12. The number of hydrogen-bond donors (Lipinski definition) is 1. The molecule has 0 aliphatic carbocycles. The predicted octanol–water partition coefficient (Wildman–Crippen LogP) is 4.77. The summed E-state index contributed by atoms with van der Waals surface area (Å²) in [6, 6.07) is 9.87. The van der Waals surface area contributed by atoms with Crippen LogP contribution in [0.25, 0.3) is 11.3 Å². The first-order valence-corrected chi connectivity index (χ1v) is 9.60. The second-order valence-electron chi connectivity index (χ2n) is 7.04. The quantitative estimate of drug-likeness (QED) is 0.633. The van der Waals surface area contributed by atoms with Gasteiger partial charge in [-0.25, -0.2) is 4.39 Å². The number of anilines is 1. The lowest BCUT2D eigenvalue weighted by Gasteiger charge is -2.18. The number of para-hydroxylation sites is 1. The number of nitrogens with zero attached hydrogens (tertiary/aromatic N) is 2. The van der Waals surface area contributed by atoms with Gasteiger partial charge in [0, 0.05) is 12.7 Å². The monoisotopic (exact) mass is 429 g/mol. The van der Waals surface area contributed by atoms with Crippen LogP contribution in [0.2, 0.25) is 5.02 Å². The van der Waals surface area contributed by atoms with E-state index in [9.17, 15) is 14.0 Å². The molecule has 3 rings (SSSR count). The molecule has 0 saturated heterocycles. The van der Waals surface area contributed by atoms with Crippen LogP contribution in [0.1, 0.15) is 27.2 Å². The molecule has 1 N–H and O–H groups in total. The van der Waals surface area contributed by atoms with E-state index in [-0.39, 0.29) is 40.1 Å². The molecular formula is C22H21ClFN3O3. The second-order valence-corrected chi connectivity index (χ2v) is 7.44. The van der Waals surface area contributed by atoms with Crippen molar-refractivity contribution in [1.29, 1.82) is 0 Å². The lowest BCUT2D eigenvalue weighted by Crippen LogP contribution is -2.35. The number of carbonyl (C=O) groups excluding carboxylic acids is 2. The number of aryl methyl sites for hydroxylation is 3. The third kappa shape index (κ3) is 4.21. The largest absolute Gasteiger partial charge is 0.360 e. The first-order chi connectivity index (χ1) is 14.2. The molecule has 0 aliphatic heterocycles. The minimum absolute atomic E-state index is 0.00241. The van der Waals surface area contributed by atoms with E-state index in [0.29, 0.717) is 5.69 Å². The van der Waals surface area contributed by atoms with Crippen molar-refractivity contribution in [3.8, 4) is 11.3 Å². The highest BCUT2D eigenvalue weighted by molar-refractivity contribution is 6.33. The molecule has 0 atom stereocenters. The van der Waals surface area contributed by atoms with Crippen LogP contribution in [0.4, 0.5) is 10.1 Å². The van der Waals surface area contributed by atoms with Gasteiger partial charge >= 0.3 is 0 Å². The zero-order chi connectivity index (χ0) is 22.0. The SMILES string of the molecule is Cc1cccc(C)c1NC(=O)CN(C)C(=O)c1c(-c2c(F)cccc2Cl)noc1C.